The molecule has 0 aromatic heterocycles. The Labute approximate surface area is 112 Å². The van der Waals surface area contributed by atoms with Crippen LogP contribution in [0.4, 0.5) is 0 Å². The Balaban J connectivity index is 0.000000494. The van der Waals surface area contributed by atoms with E-state index in [1.165, 1.54) is 39.7 Å². The zero-order valence-electron chi connectivity index (χ0n) is 12.7. The minimum Gasteiger partial charge on any atom is -0.469 e. The van der Waals surface area contributed by atoms with Crippen molar-refractivity contribution in [1.82, 2.24) is 0 Å². The highest BCUT2D eigenvalue weighted by atomic mass is 16.5. The maximum atomic E-state index is 9.59. The lowest BCUT2D eigenvalue weighted by atomic mass is 9.76. The van der Waals surface area contributed by atoms with Gasteiger partial charge in [-0.15, -0.1) is 0 Å². The SMILES string of the molecule is CCC(C)C(CC)C1CCOCC1.COC(C)=O. The second-order valence-electron chi connectivity index (χ2n) is 5.10. The van der Waals surface area contributed by atoms with Gasteiger partial charge in [0.05, 0.1) is 7.11 Å². The third-order valence-electron chi connectivity index (χ3n) is 4.01. The molecule has 18 heavy (non-hydrogen) atoms. The van der Waals surface area contributed by atoms with Crippen LogP contribution in [-0.2, 0) is 14.3 Å². The van der Waals surface area contributed by atoms with Gasteiger partial charge in [0.1, 0.15) is 0 Å². The molecule has 1 fully saturated rings. The van der Waals surface area contributed by atoms with Crippen LogP contribution in [0.1, 0.15) is 53.4 Å². The summed E-state index contributed by atoms with van der Waals surface area (Å²) in [5, 5.41) is 0. The normalized spacial score (nSPS) is 19.4. The largest absolute Gasteiger partial charge is 0.469 e. The number of carbonyl (C=O) groups excluding carboxylic acids is 1. The van der Waals surface area contributed by atoms with Crippen LogP contribution in [0.5, 0.6) is 0 Å². The molecule has 2 atom stereocenters. The average molecular weight is 258 g/mol. The number of ether oxygens (including phenoxy) is 2. The quantitative estimate of drug-likeness (QED) is 0.722. The predicted molar refractivity (Wildman–Crippen MR) is 74.5 cm³/mol. The molecule has 0 spiro atoms. The van der Waals surface area contributed by atoms with Gasteiger partial charge in [0.2, 0.25) is 0 Å². The van der Waals surface area contributed by atoms with Gasteiger partial charge < -0.3 is 9.47 Å². The van der Waals surface area contributed by atoms with E-state index in [0.29, 0.717) is 0 Å². The van der Waals surface area contributed by atoms with Gasteiger partial charge in [0.15, 0.2) is 0 Å². The lowest BCUT2D eigenvalue weighted by Gasteiger charge is -2.33. The summed E-state index contributed by atoms with van der Waals surface area (Å²) in [6.07, 6.45) is 5.27. The first-order chi connectivity index (χ1) is 8.56. The molecule has 108 valence electrons. The Morgan fingerprint density at radius 3 is 2.11 bits per heavy atom. The molecule has 0 radical (unpaired) electrons. The fourth-order valence-electron chi connectivity index (χ4n) is 2.65. The third-order valence-corrected chi connectivity index (χ3v) is 4.01. The Morgan fingerprint density at radius 2 is 1.78 bits per heavy atom. The van der Waals surface area contributed by atoms with Crippen LogP contribution in [-0.4, -0.2) is 26.3 Å². The summed E-state index contributed by atoms with van der Waals surface area (Å²) < 4.78 is 9.52. The van der Waals surface area contributed by atoms with Gasteiger partial charge in [-0.05, 0) is 30.6 Å². The van der Waals surface area contributed by atoms with Crippen LogP contribution in [0.2, 0.25) is 0 Å². The fraction of sp³-hybridized carbons (Fsp3) is 0.933. The molecule has 1 aliphatic rings. The molecule has 1 aliphatic heterocycles. The zero-order valence-corrected chi connectivity index (χ0v) is 12.7. The Kier molecular flexibility index (Phi) is 10.0. The summed E-state index contributed by atoms with van der Waals surface area (Å²) in [6, 6.07) is 0. The summed E-state index contributed by atoms with van der Waals surface area (Å²) in [5.74, 6) is 2.53. The molecule has 0 aliphatic carbocycles. The first kappa shape index (κ1) is 17.4. The highest BCUT2D eigenvalue weighted by molar-refractivity contribution is 5.65. The molecule has 1 heterocycles. The van der Waals surface area contributed by atoms with Crippen molar-refractivity contribution in [2.45, 2.75) is 53.4 Å². The van der Waals surface area contributed by atoms with Gasteiger partial charge in [-0.25, -0.2) is 0 Å². The minimum atomic E-state index is -0.245. The Morgan fingerprint density at radius 1 is 1.28 bits per heavy atom. The van der Waals surface area contributed by atoms with Crippen molar-refractivity contribution < 1.29 is 14.3 Å². The van der Waals surface area contributed by atoms with Gasteiger partial charge in [-0.2, -0.15) is 0 Å². The maximum Gasteiger partial charge on any atom is 0.302 e. The summed E-state index contributed by atoms with van der Waals surface area (Å²) in [7, 11) is 1.35. The molecular weight excluding hydrogens is 228 g/mol. The smallest absolute Gasteiger partial charge is 0.302 e. The molecule has 1 saturated heterocycles. The third kappa shape index (κ3) is 7.00. The van der Waals surface area contributed by atoms with E-state index in [0.717, 1.165) is 31.0 Å². The van der Waals surface area contributed by atoms with Crippen LogP contribution in [0.25, 0.3) is 0 Å². The van der Waals surface area contributed by atoms with E-state index in [4.69, 9.17) is 4.74 Å². The second-order valence-corrected chi connectivity index (χ2v) is 5.10. The van der Waals surface area contributed by atoms with E-state index in [9.17, 15) is 4.79 Å². The number of hydrogen-bond acceptors (Lipinski definition) is 3. The highest BCUT2D eigenvalue weighted by Crippen LogP contribution is 2.33. The topological polar surface area (TPSA) is 35.5 Å². The summed E-state index contributed by atoms with van der Waals surface area (Å²) in [5.41, 5.74) is 0. The molecule has 0 aromatic rings. The van der Waals surface area contributed by atoms with Gasteiger partial charge in [0, 0.05) is 20.1 Å². The molecular formula is C15H30O3. The fourth-order valence-corrected chi connectivity index (χ4v) is 2.65. The second kappa shape index (κ2) is 10.4. The van der Waals surface area contributed by atoms with E-state index in [1.807, 2.05) is 0 Å². The van der Waals surface area contributed by atoms with E-state index in [2.05, 4.69) is 25.5 Å². The molecule has 0 bridgehead atoms. The molecule has 3 nitrogen and oxygen atoms in total. The highest BCUT2D eigenvalue weighted by Gasteiger charge is 2.25. The van der Waals surface area contributed by atoms with Crippen molar-refractivity contribution in [3.63, 3.8) is 0 Å². The summed E-state index contributed by atoms with van der Waals surface area (Å²) in [4.78, 5) is 9.59. The van der Waals surface area contributed by atoms with E-state index >= 15 is 0 Å². The standard InChI is InChI=1S/C12H24O.C3H6O2/c1-4-10(3)12(5-2)11-6-8-13-9-7-11;1-3(4)5-2/h10-12H,4-9H2,1-3H3;1-2H3. The van der Waals surface area contributed by atoms with Crippen molar-refractivity contribution in [2.24, 2.45) is 17.8 Å². The summed E-state index contributed by atoms with van der Waals surface area (Å²) in [6.45, 7) is 10.4. The number of esters is 1. The van der Waals surface area contributed by atoms with Gasteiger partial charge >= 0.3 is 5.97 Å². The van der Waals surface area contributed by atoms with E-state index in [1.54, 1.807) is 0 Å². The average Bonchev–Trinajstić information content (AvgIpc) is 2.41. The van der Waals surface area contributed by atoms with Crippen LogP contribution in [0, 0.1) is 17.8 Å². The van der Waals surface area contributed by atoms with Crippen LogP contribution < -0.4 is 0 Å². The van der Waals surface area contributed by atoms with Crippen LogP contribution >= 0.6 is 0 Å². The maximum absolute atomic E-state index is 9.59. The molecule has 2 unspecified atom stereocenters. The van der Waals surface area contributed by atoms with E-state index < -0.39 is 0 Å². The predicted octanol–water partition coefficient (Wildman–Crippen LogP) is 3.66. The van der Waals surface area contributed by atoms with Crippen molar-refractivity contribution in [1.29, 1.82) is 0 Å². The van der Waals surface area contributed by atoms with E-state index in [-0.39, 0.29) is 5.97 Å². The molecule has 3 heteroatoms. The van der Waals surface area contributed by atoms with Crippen molar-refractivity contribution in [3.05, 3.63) is 0 Å². The van der Waals surface area contributed by atoms with Crippen molar-refractivity contribution >= 4 is 5.97 Å². The van der Waals surface area contributed by atoms with Gasteiger partial charge in [-0.3, -0.25) is 4.79 Å². The number of carbonyl (C=O) groups is 1. The molecule has 1 rings (SSSR count). The number of rotatable bonds is 4. The first-order valence-electron chi connectivity index (χ1n) is 7.19. The Bertz CT molecular complexity index is 210. The lowest BCUT2D eigenvalue weighted by molar-refractivity contribution is -0.137. The van der Waals surface area contributed by atoms with Crippen LogP contribution in [0.3, 0.4) is 0 Å². The monoisotopic (exact) mass is 258 g/mol. The number of hydrogen-bond donors (Lipinski definition) is 0. The molecule has 0 N–H and O–H groups in total. The van der Waals surface area contributed by atoms with Crippen molar-refractivity contribution in [3.8, 4) is 0 Å². The first-order valence-corrected chi connectivity index (χ1v) is 7.19. The van der Waals surface area contributed by atoms with Gasteiger partial charge in [0.25, 0.3) is 0 Å². The lowest BCUT2D eigenvalue weighted by Crippen LogP contribution is -2.27. The van der Waals surface area contributed by atoms with Crippen LogP contribution in [0.15, 0.2) is 0 Å². The molecule has 0 saturated carbocycles. The zero-order chi connectivity index (χ0) is 14.0. The molecule has 0 aromatic carbocycles. The summed E-state index contributed by atoms with van der Waals surface area (Å²) >= 11 is 0. The van der Waals surface area contributed by atoms with Gasteiger partial charge in [-0.1, -0.05) is 33.6 Å². The number of methoxy groups -OCH3 is 1. The minimum absolute atomic E-state index is 0.245. The molecule has 0 amide bonds. The van der Waals surface area contributed by atoms with Crippen molar-refractivity contribution in [2.75, 3.05) is 20.3 Å². The Hall–Kier alpha value is -0.570.